The van der Waals surface area contributed by atoms with Gasteiger partial charge in [0.05, 0.1) is 12.8 Å². The zero-order valence-corrected chi connectivity index (χ0v) is 10.7. The minimum absolute atomic E-state index is 0.519. The molecule has 0 saturated heterocycles. The first-order valence-corrected chi connectivity index (χ1v) is 6.35. The predicted octanol–water partition coefficient (Wildman–Crippen LogP) is 2.01. The number of ether oxygens (including phenoxy) is 1. The lowest BCUT2D eigenvalue weighted by Crippen LogP contribution is -2.03. The van der Waals surface area contributed by atoms with E-state index < -0.39 is 0 Å². The Morgan fingerprint density at radius 3 is 2.93 bits per heavy atom. The zero-order valence-electron chi connectivity index (χ0n) is 8.27. The summed E-state index contributed by atoms with van der Waals surface area (Å²) in [7, 11) is 0. The molecule has 0 aliphatic heterocycles. The summed E-state index contributed by atoms with van der Waals surface area (Å²) >= 11 is 4.76. The smallest absolute Gasteiger partial charge is 0.305 e. The fourth-order valence-electron chi connectivity index (χ4n) is 1.13. The Labute approximate surface area is 99.4 Å². The van der Waals surface area contributed by atoms with Crippen molar-refractivity contribution in [3.05, 3.63) is 10.8 Å². The molecule has 0 radical (unpaired) electrons. The first-order chi connectivity index (χ1) is 7.24. The Balaban J connectivity index is 2.62. The molecule has 0 aliphatic carbocycles. The maximum Gasteiger partial charge on any atom is 0.305 e. The third kappa shape index (κ3) is 2.07. The van der Waals surface area contributed by atoms with Gasteiger partial charge in [0, 0.05) is 0 Å². The molecule has 0 unspecified atom stereocenters. The van der Waals surface area contributed by atoms with Crippen molar-refractivity contribution < 1.29 is 4.74 Å². The van der Waals surface area contributed by atoms with Crippen LogP contribution in [0.2, 0.25) is 0 Å². The van der Waals surface area contributed by atoms with Gasteiger partial charge >= 0.3 is 6.01 Å². The van der Waals surface area contributed by atoms with Crippen LogP contribution < -0.4 is 4.74 Å². The van der Waals surface area contributed by atoms with Gasteiger partial charge in [-0.1, -0.05) is 11.8 Å². The van der Waals surface area contributed by atoms with Crippen molar-refractivity contribution in [2.24, 2.45) is 0 Å². The van der Waals surface area contributed by atoms with Crippen molar-refractivity contribution in [3.8, 4) is 6.01 Å². The van der Waals surface area contributed by atoms with Gasteiger partial charge in [-0.05, 0) is 29.1 Å². The van der Waals surface area contributed by atoms with E-state index in [9.17, 15) is 0 Å². The number of thioether (sulfide) groups is 1. The topological polar surface area (TPSA) is 52.3 Å². The number of aromatic nitrogens is 4. The SMILES string of the molecule is CCOc1nc(SC)nc2nc(Br)cn12. The number of hydrogen-bond acceptors (Lipinski definition) is 5. The van der Waals surface area contributed by atoms with Crippen LogP contribution in [0.4, 0.5) is 0 Å². The summed E-state index contributed by atoms with van der Waals surface area (Å²) in [6.45, 7) is 2.48. The van der Waals surface area contributed by atoms with Crippen LogP contribution in [0.5, 0.6) is 6.01 Å². The molecule has 2 heterocycles. The monoisotopic (exact) mass is 288 g/mol. The second-order valence-electron chi connectivity index (χ2n) is 2.66. The van der Waals surface area contributed by atoms with Crippen molar-refractivity contribution >= 4 is 33.5 Å². The molecule has 0 fully saturated rings. The van der Waals surface area contributed by atoms with Gasteiger partial charge in [0.25, 0.3) is 0 Å². The summed E-state index contributed by atoms with van der Waals surface area (Å²) in [4.78, 5) is 12.7. The summed E-state index contributed by atoms with van der Waals surface area (Å²) in [6, 6.07) is 0.519. The van der Waals surface area contributed by atoms with E-state index in [2.05, 4.69) is 30.9 Å². The number of rotatable bonds is 3. The second-order valence-corrected chi connectivity index (χ2v) is 4.25. The average Bonchev–Trinajstić information content (AvgIpc) is 2.58. The van der Waals surface area contributed by atoms with Gasteiger partial charge in [0.1, 0.15) is 4.60 Å². The number of halogens is 1. The van der Waals surface area contributed by atoms with E-state index in [1.807, 2.05) is 13.2 Å². The summed E-state index contributed by atoms with van der Waals surface area (Å²) in [5, 5.41) is 0.657. The quantitative estimate of drug-likeness (QED) is 0.809. The molecule has 15 heavy (non-hydrogen) atoms. The highest BCUT2D eigenvalue weighted by molar-refractivity contribution is 9.10. The van der Waals surface area contributed by atoms with Gasteiger partial charge in [-0.15, -0.1) is 0 Å². The van der Waals surface area contributed by atoms with Gasteiger partial charge < -0.3 is 4.74 Å². The van der Waals surface area contributed by atoms with Crippen LogP contribution in [0.15, 0.2) is 16.0 Å². The van der Waals surface area contributed by atoms with Gasteiger partial charge in [0.2, 0.25) is 5.78 Å². The molecular weight excluding hydrogens is 280 g/mol. The van der Waals surface area contributed by atoms with E-state index in [0.29, 0.717) is 23.6 Å². The van der Waals surface area contributed by atoms with Crippen LogP contribution >= 0.6 is 27.7 Å². The molecule has 0 spiro atoms. The fraction of sp³-hybridized carbons (Fsp3) is 0.375. The molecule has 80 valence electrons. The molecular formula is C8H9BrN4OS. The number of fused-ring (bicyclic) bond motifs is 1. The van der Waals surface area contributed by atoms with E-state index in [4.69, 9.17) is 4.74 Å². The summed E-state index contributed by atoms with van der Waals surface area (Å²) in [5.41, 5.74) is 0. The van der Waals surface area contributed by atoms with E-state index in [0.717, 1.165) is 4.60 Å². The van der Waals surface area contributed by atoms with E-state index in [-0.39, 0.29) is 0 Å². The van der Waals surface area contributed by atoms with Crippen LogP contribution in [0.3, 0.4) is 0 Å². The molecule has 2 aromatic rings. The molecule has 0 N–H and O–H groups in total. The van der Waals surface area contributed by atoms with E-state index in [1.54, 1.807) is 10.6 Å². The fourth-order valence-corrected chi connectivity index (χ4v) is 1.84. The molecule has 0 aromatic carbocycles. The van der Waals surface area contributed by atoms with Gasteiger partial charge in [-0.3, -0.25) is 0 Å². The van der Waals surface area contributed by atoms with Crippen LogP contribution in [-0.2, 0) is 0 Å². The Bertz CT molecular complexity index is 487. The van der Waals surface area contributed by atoms with Crippen molar-refractivity contribution in [2.45, 2.75) is 12.1 Å². The molecule has 2 rings (SSSR count). The predicted molar refractivity (Wildman–Crippen MR) is 61.4 cm³/mol. The standard InChI is InChI=1S/C8H9BrN4OS/c1-3-14-8-12-7(15-2)11-6-10-5(9)4-13(6)8/h4H,3H2,1-2H3. The maximum absolute atomic E-state index is 5.41. The summed E-state index contributed by atoms with van der Waals surface area (Å²) in [5.74, 6) is 0.588. The minimum atomic E-state index is 0.519. The first kappa shape index (κ1) is 10.7. The molecule has 0 aliphatic rings. The van der Waals surface area contributed by atoms with E-state index in [1.165, 1.54) is 11.8 Å². The largest absolute Gasteiger partial charge is 0.465 e. The van der Waals surface area contributed by atoms with Gasteiger partial charge in [-0.25, -0.2) is 9.38 Å². The van der Waals surface area contributed by atoms with Crippen LogP contribution in [0.1, 0.15) is 6.92 Å². The van der Waals surface area contributed by atoms with E-state index >= 15 is 0 Å². The number of imidazole rings is 1. The van der Waals surface area contributed by atoms with Crippen molar-refractivity contribution in [1.29, 1.82) is 0 Å². The molecule has 2 aromatic heterocycles. The first-order valence-electron chi connectivity index (χ1n) is 4.34. The zero-order chi connectivity index (χ0) is 10.8. The number of hydrogen-bond donors (Lipinski definition) is 0. The average molecular weight is 289 g/mol. The third-order valence-electron chi connectivity index (χ3n) is 1.71. The summed E-state index contributed by atoms with van der Waals surface area (Å²) < 4.78 is 7.85. The maximum atomic E-state index is 5.41. The van der Waals surface area contributed by atoms with Gasteiger partial charge in [0.15, 0.2) is 5.16 Å². The van der Waals surface area contributed by atoms with Crippen LogP contribution in [0, 0.1) is 0 Å². The lowest BCUT2D eigenvalue weighted by Gasteiger charge is -2.05. The molecule has 7 heteroatoms. The van der Waals surface area contributed by atoms with Gasteiger partial charge in [-0.2, -0.15) is 9.97 Å². The van der Waals surface area contributed by atoms with Crippen LogP contribution in [0.25, 0.3) is 5.78 Å². The van der Waals surface area contributed by atoms with Crippen molar-refractivity contribution in [1.82, 2.24) is 19.4 Å². The Morgan fingerprint density at radius 2 is 2.27 bits per heavy atom. The Hall–Kier alpha value is -0.820. The highest BCUT2D eigenvalue weighted by Crippen LogP contribution is 2.19. The highest BCUT2D eigenvalue weighted by Gasteiger charge is 2.09. The Kier molecular flexibility index (Phi) is 3.11. The Morgan fingerprint density at radius 1 is 1.47 bits per heavy atom. The second kappa shape index (κ2) is 4.36. The molecule has 0 bridgehead atoms. The van der Waals surface area contributed by atoms with Crippen molar-refractivity contribution in [2.75, 3.05) is 12.9 Å². The van der Waals surface area contributed by atoms with Crippen LogP contribution in [-0.4, -0.2) is 32.2 Å². The lowest BCUT2D eigenvalue weighted by atomic mass is 10.8. The third-order valence-corrected chi connectivity index (χ3v) is 2.64. The van der Waals surface area contributed by atoms with Crippen molar-refractivity contribution in [3.63, 3.8) is 0 Å². The molecule has 0 saturated carbocycles. The number of nitrogens with zero attached hydrogens (tertiary/aromatic N) is 4. The molecule has 0 atom stereocenters. The lowest BCUT2D eigenvalue weighted by molar-refractivity contribution is 0.303. The molecule has 5 nitrogen and oxygen atoms in total. The highest BCUT2D eigenvalue weighted by atomic mass is 79.9. The molecule has 0 amide bonds. The minimum Gasteiger partial charge on any atom is -0.465 e. The summed E-state index contributed by atoms with van der Waals surface area (Å²) in [6.07, 6.45) is 3.70. The normalized spacial score (nSPS) is 10.9.